The minimum Gasteiger partial charge on any atom is -0.497 e. The molecule has 0 aromatic heterocycles. The number of methoxy groups -OCH3 is 2. The number of carbonyl (C=O) groups is 2. The van der Waals surface area contributed by atoms with E-state index >= 15 is 0 Å². The van der Waals surface area contributed by atoms with E-state index in [0.29, 0.717) is 32.7 Å². The van der Waals surface area contributed by atoms with E-state index < -0.39 is 0 Å². The van der Waals surface area contributed by atoms with E-state index in [2.05, 4.69) is 0 Å². The first kappa shape index (κ1) is 17.3. The summed E-state index contributed by atoms with van der Waals surface area (Å²) in [4.78, 5) is 27.8. The van der Waals surface area contributed by atoms with Crippen molar-refractivity contribution in [1.82, 2.24) is 9.80 Å². The Morgan fingerprint density at radius 1 is 1.17 bits per heavy atom. The summed E-state index contributed by atoms with van der Waals surface area (Å²) in [6, 6.07) is 7.51. The average molecular weight is 320 g/mol. The van der Waals surface area contributed by atoms with E-state index in [0.717, 1.165) is 11.3 Å². The molecule has 1 aliphatic rings. The lowest BCUT2D eigenvalue weighted by Gasteiger charge is -2.41. The van der Waals surface area contributed by atoms with Crippen LogP contribution < -0.4 is 4.74 Å². The van der Waals surface area contributed by atoms with Gasteiger partial charge in [0, 0.05) is 33.7 Å². The molecule has 0 aliphatic carbocycles. The summed E-state index contributed by atoms with van der Waals surface area (Å²) in [5.41, 5.74) is 1.00. The summed E-state index contributed by atoms with van der Waals surface area (Å²) in [6.07, 6.45) is 0.350. The Morgan fingerprint density at radius 2 is 1.87 bits per heavy atom. The Morgan fingerprint density at radius 3 is 2.43 bits per heavy atom. The van der Waals surface area contributed by atoms with Crippen molar-refractivity contribution in [3.63, 3.8) is 0 Å². The van der Waals surface area contributed by atoms with E-state index in [1.807, 2.05) is 29.2 Å². The van der Waals surface area contributed by atoms with Crippen molar-refractivity contribution in [3.8, 4) is 5.75 Å². The second kappa shape index (κ2) is 7.97. The molecule has 0 N–H and O–H groups in total. The molecule has 6 nitrogen and oxygen atoms in total. The number of benzene rings is 1. The maximum atomic E-state index is 12.5. The van der Waals surface area contributed by atoms with Gasteiger partial charge in [-0.05, 0) is 17.7 Å². The monoisotopic (exact) mass is 320 g/mol. The molecular weight excluding hydrogens is 296 g/mol. The molecule has 1 atom stereocenters. The summed E-state index contributed by atoms with van der Waals surface area (Å²) >= 11 is 0. The third kappa shape index (κ3) is 4.22. The number of nitrogens with zero attached hydrogens (tertiary/aromatic N) is 2. The molecule has 0 radical (unpaired) electrons. The summed E-state index contributed by atoms with van der Waals surface area (Å²) in [7, 11) is 3.20. The molecule has 0 bridgehead atoms. The van der Waals surface area contributed by atoms with Crippen LogP contribution in [0.1, 0.15) is 24.9 Å². The fourth-order valence-electron chi connectivity index (χ4n) is 2.81. The van der Waals surface area contributed by atoms with Crippen molar-refractivity contribution in [2.24, 2.45) is 0 Å². The number of piperazine rings is 1. The van der Waals surface area contributed by atoms with E-state index in [-0.39, 0.29) is 17.9 Å². The van der Waals surface area contributed by atoms with Gasteiger partial charge in [-0.15, -0.1) is 0 Å². The van der Waals surface area contributed by atoms with Crippen LogP contribution in [0.15, 0.2) is 24.3 Å². The van der Waals surface area contributed by atoms with Crippen molar-refractivity contribution in [2.45, 2.75) is 19.4 Å². The molecule has 0 saturated carbocycles. The lowest BCUT2D eigenvalue weighted by Crippen LogP contribution is -2.52. The van der Waals surface area contributed by atoms with Crippen molar-refractivity contribution in [1.29, 1.82) is 0 Å². The van der Waals surface area contributed by atoms with Gasteiger partial charge in [0.25, 0.3) is 0 Å². The maximum Gasteiger partial charge on any atom is 0.225 e. The van der Waals surface area contributed by atoms with Crippen LogP contribution in [-0.4, -0.2) is 62.1 Å². The first-order valence-corrected chi connectivity index (χ1v) is 7.74. The molecule has 23 heavy (non-hydrogen) atoms. The molecule has 1 heterocycles. The number of ether oxygens (including phenoxy) is 2. The largest absolute Gasteiger partial charge is 0.497 e. The SMILES string of the molecule is COCCC(=O)N1CCN(C(C)=O)C[C@H]1c1ccc(OC)cc1. The van der Waals surface area contributed by atoms with E-state index in [4.69, 9.17) is 9.47 Å². The lowest BCUT2D eigenvalue weighted by molar-refractivity contribution is -0.142. The maximum absolute atomic E-state index is 12.5. The highest BCUT2D eigenvalue weighted by atomic mass is 16.5. The third-order valence-electron chi connectivity index (χ3n) is 4.17. The fourth-order valence-corrected chi connectivity index (χ4v) is 2.81. The quantitative estimate of drug-likeness (QED) is 0.824. The Labute approximate surface area is 137 Å². The van der Waals surface area contributed by atoms with Crippen LogP contribution in [0.5, 0.6) is 5.75 Å². The standard InChI is InChI=1S/C17H24N2O4/c1-13(20)18-9-10-19(17(21)8-11-22-2)16(12-18)14-4-6-15(23-3)7-5-14/h4-7,16H,8-12H2,1-3H3/t16-/m0/s1. The summed E-state index contributed by atoms with van der Waals surface area (Å²) in [6.45, 7) is 3.59. The summed E-state index contributed by atoms with van der Waals surface area (Å²) in [5.74, 6) is 0.855. The van der Waals surface area contributed by atoms with Gasteiger partial charge in [-0.3, -0.25) is 9.59 Å². The van der Waals surface area contributed by atoms with Crippen LogP contribution in [0.25, 0.3) is 0 Å². The number of rotatable bonds is 5. The highest BCUT2D eigenvalue weighted by Crippen LogP contribution is 2.27. The number of hydrogen-bond donors (Lipinski definition) is 0. The first-order chi connectivity index (χ1) is 11.1. The molecule has 126 valence electrons. The van der Waals surface area contributed by atoms with Gasteiger partial charge in [-0.25, -0.2) is 0 Å². The minimum absolute atomic E-state index is 0.0347. The van der Waals surface area contributed by atoms with Crippen LogP contribution in [0.2, 0.25) is 0 Å². The van der Waals surface area contributed by atoms with Gasteiger partial charge in [0.15, 0.2) is 0 Å². The number of carbonyl (C=O) groups excluding carboxylic acids is 2. The van der Waals surface area contributed by atoms with Crippen LogP contribution in [0, 0.1) is 0 Å². The average Bonchev–Trinajstić information content (AvgIpc) is 2.59. The van der Waals surface area contributed by atoms with Crippen LogP contribution >= 0.6 is 0 Å². The molecule has 0 spiro atoms. The van der Waals surface area contributed by atoms with Crippen molar-refractivity contribution in [2.75, 3.05) is 40.5 Å². The lowest BCUT2D eigenvalue weighted by atomic mass is 10.0. The zero-order valence-electron chi connectivity index (χ0n) is 13.9. The van der Waals surface area contributed by atoms with Gasteiger partial charge in [0.05, 0.1) is 26.2 Å². The molecule has 2 amide bonds. The molecule has 1 aromatic rings. The smallest absolute Gasteiger partial charge is 0.225 e. The highest BCUT2D eigenvalue weighted by Gasteiger charge is 2.32. The Balaban J connectivity index is 2.21. The van der Waals surface area contributed by atoms with Crippen molar-refractivity contribution >= 4 is 11.8 Å². The third-order valence-corrected chi connectivity index (χ3v) is 4.17. The normalized spacial score (nSPS) is 18.0. The Bertz CT molecular complexity index is 544. The van der Waals surface area contributed by atoms with Crippen LogP contribution in [-0.2, 0) is 14.3 Å². The molecule has 1 fully saturated rings. The molecule has 2 rings (SSSR count). The topological polar surface area (TPSA) is 59.1 Å². The summed E-state index contributed by atoms with van der Waals surface area (Å²) < 4.78 is 10.2. The van der Waals surface area contributed by atoms with Crippen molar-refractivity contribution < 1.29 is 19.1 Å². The molecule has 0 unspecified atom stereocenters. The van der Waals surface area contributed by atoms with Gasteiger partial charge >= 0.3 is 0 Å². The zero-order chi connectivity index (χ0) is 16.8. The molecule has 6 heteroatoms. The number of hydrogen-bond acceptors (Lipinski definition) is 4. The molecule has 1 saturated heterocycles. The predicted molar refractivity (Wildman–Crippen MR) is 86.2 cm³/mol. The summed E-state index contributed by atoms with van der Waals surface area (Å²) in [5, 5.41) is 0. The van der Waals surface area contributed by atoms with Crippen LogP contribution in [0.4, 0.5) is 0 Å². The predicted octanol–water partition coefficient (Wildman–Crippen LogP) is 1.46. The second-order valence-corrected chi connectivity index (χ2v) is 5.58. The van der Waals surface area contributed by atoms with Gasteiger partial charge in [0.1, 0.15) is 5.75 Å². The fraction of sp³-hybridized carbons (Fsp3) is 0.529. The van der Waals surface area contributed by atoms with E-state index in [1.54, 1.807) is 26.0 Å². The highest BCUT2D eigenvalue weighted by molar-refractivity contribution is 5.78. The molecular formula is C17H24N2O4. The number of amides is 2. The first-order valence-electron chi connectivity index (χ1n) is 7.74. The Hall–Kier alpha value is -2.08. The van der Waals surface area contributed by atoms with Crippen molar-refractivity contribution in [3.05, 3.63) is 29.8 Å². The van der Waals surface area contributed by atoms with Gasteiger partial charge in [-0.1, -0.05) is 12.1 Å². The van der Waals surface area contributed by atoms with E-state index in [9.17, 15) is 9.59 Å². The Kier molecular flexibility index (Phi) is 5.98. The second-order valence-electron chi connectivity index (χ2n) is 5.58. The van der Waals surface area contributed by atoms with E-state index in [1.165, 1.54) is 0 Å². The van der Waals surface area contributed by atoms with Crippen LogP contribution in [0.3, 0.4) is 0 Å². The molecule has 1 aliphatic heterocycles. The molecule has 1 aromatic carbocycles. The van der Waals surface area contributed by atoms with Gasteiger partial charge in [-0.2, -0.15) is 0 Å². The zero-order valence-corrected chi connectivity index (χ0v) is 13.9. The van der Waals surface area contributed by atoms with Gasteiger partial charge in [0.2, 0.25) is 11.8 Å². The van der Waals surface area contributed by atoms with Gasteiger partial charge < -0.3 is 19.3 Å². The minimum atomic E-state index is -0.136.